The lowest BCUT2D eigenvalue weighted by Crippen LogP contribution is -2.25. The molecule has 0 fully saturated rings. The molecule has 0 saturated heterocycles. The second-order valence-electron chi connectivity index (χ2n) is 9.33. The smallest absolute Gasteiger partial charge is 0.169 e. The lowest BCUT2D eigenvalue weighted by atomic mass is 9.87. The van der Waals surface area contributed by atoms with Crippen molar-refractivity contribution in [2.24, 2.45) is 0 Å². The normalized spacial score (nSPS) is 14.1. The number of hydrogen-bond donors (Lipinski definition) is 0. The third kappa shape index (κ3) is 4.68. The molecule has 4 aromatic carbocycles. The van der Waals surface area contributed by atoms with Gasteiger partial charge in [-0.1, -0.05) is 60.7 Å². The lowest BCUT2D eigenvalue weighted by molar-refractivity contribution is 0.322. The van der Waals surface area contributed by atoms with E-state index in [4.69, 9.17) is 18.9 Å². The van der Waals surface area contributed by atoms with E-state index in [1.165, 1.54) is 16.7 Å². The Morgan fingerprint density at radius 2 is 1.32 bits per heavy atom. The summed E-state index contributed by atoms with van der Waals surface area (Å²) in [6.07, 6.45) is 4.99. The molecule has 1 aliphatic rings. The SMILES string of the molecule is COc1ccc(CC2c3cc(-c4ccc(-c5ccccc5)cc4)c(OC)c(OC)c3C=CN2C)cc1OC. The first kappa shape index (κ1) is 25.3. The maximum Gasteiger partial charge on any atom is 0.169 e. The van der Waals surface area contributed by atoms with Gasteiger partial charge in [0, 0.05) is 24.4 Å². The Bertz CT molecular complexity index is 1440. The molecule has 5 heteroatoms. The molecule has 4 aromatic rings. The summed E-state index contributed by atoms with van der Waals surface area (Å²) in [6.45, 7) is 0. The summed E-state index contributed by atoms with van der Waals surface area (Å²) in [5.41, 5.74) is 7.82. The van der Waals surface area contributed by atoms with Crippen LogP contribution in [0.15, 0.2) is 85.1 Å². The molecule has 1 aliphatic heterocycles. The van der Waals surface area contributed by atoms with Crippen LogP contribution in [0.2, 0.25) is 0 Å². The lowest BCUT2D eigenvalue weighted by Gasteiger charge is -2.34. The third-order valence-corrected chi connectivity index (χ3v) is 7.22. The minimum atomic E-state index is 0.0928. The predicted molar refractivity (Wildman–Crippen MR) is 153 cm³/mol. The Kier molecular flexibility index (Phi) is 7.27. The highest BCUT2D eigenvalue weighted by atomic mass is 16.5. The highest BCUT2D eigenvalue weighted by Gasteiger charge is 2.28. The Hall–Kier alpha value is -4.38. The highest BCUT2D eigenvalue weighted by Crippen LogP contribution is 2.48. The molecule has 1 unspecified atom stereocenters. The molecule has 0 N–H and O–H groups in total. The molecule has 0 radical (unpaired) electrons. The summed E-state index contributed by atoms with van der Waals surface area (Å²) < 4.78 is 22.9. The van der Waals surface area contributed by atoms with Gasteiger partial charge in [-0.25, -0.2) is 0 Å². The molecular weight excluding hydrogens is 474 g/mol. The minimum absolute atomic E-state index is 0.0928. The largest absolute Gasteiger partial charge is 0.493 e. The van der Waals surface area contributed by atoms with Gasteiger partial charge in [-0.3, -0.25) is 0 Å². The van der Waals surface area contributed by atoms with Gasteiger partial charge >= 0.3 is 0 Å². The topological polar surface area (TPSA) is 40.2 Å². The number of fused-ring (bicyclic) bond motifs is 1. The Morgan fingerprint density at radius 1 is 0.658 bits per heavy atom. The van der Waals surface area contributed by atoms with Gasteiger partial charge in [-0.2, -0.15) is 0 Å². The zero-order valence-corrected chi connectivity index (χ0v) is 22.5. The van der Waals surface area contributed by atoms with Crippen LogP contribution in [0.25, 0.3) is 28.3 Å². The first-order valence-electron chi connectivity index (χ1n) is 12.6. The van der Waals surface area contributed by atoms with E-state index < -0.39 is 0 Å². The maximum atomic E-state index is 5.96. The second kappa shape index (κ2) is 10.9. The number of likely N-dealkylation sites (N-methyl/N-ethyl adjacent to an activating group) is 1. The first-order chi connectivity index (χ1) is 18.6. The average Bonchev–Trinajstić information content (AvgIpc) is 2.98. The van der Waals surface area contributed by atoms with Gasteiger partial charge in [0.25, 0.3) is 0 Å². The molecule has 5 rings (SSSR count). The third-order valence-electron chi connectivity index (χ3n) is 7.22. The van der Waals surface area contributed by atoms with Crippen molar-refractivity contribution >= 4 is 6.08 Å². The number of rotatable bonds is 8. The van der Waals surface area contributed by atoms with E-state index >= 15 is 0 Å². The van der Waals surface area contributed by atoms with Crippen molar-refractivity contribution in [3.63, 3.8) is 0 Å². The van der Waals surface area contributed by atoms with E-state index in [0.717, 1.165) is 51.7 Å². The average molecular weight is 508 g/mol. The van der Waals surface area contributed by atoms with Crippen LogP contribution < -0.4 is 18.9 Å². The highest BCUT2D eigenvalue weighted by molar-refractivity contribution is 5.82. The first-order valence-corrected chi connectivity index (χ1v) is 12.6. The molecule has 0 spiro atoms. The Labute approximate surface area is 224 Å². The number of benzene rings is 4. The molecule has 1 heterocycles. The summed E-state index contributed by atoms with van der Waals surface area (Å²) >= 11 is 0. The van der Waals surface area contributed by atoms with Gasteiger partial charge in [0.1, 0.15) is 0 Å². The molecule has 38 heavy (non-hydrogen) atoms. The number of methoxy groups -OCH3 is 4. The van der Waals surface area contributed by atoms with Gasteiger partial charge in [-0.15, -0.1) is 0 Å². The van der Waals surface area contributed by atoms with Gasteiger partial charge in [-0.05, 0) is 58.5 Å². The van der Waals surface area contributed by atoms with E-state index in [-0.39, 0.29) is 6.04 Å². The van der Waals surface area contributed by atoms with Crippen molar-refractivity contribution in [3.8, 4) is 45.3 Å². The molecule has 1 atom stereocenters. The fraction of sp³-hybridized carbons (Fsp3) is 0.212. The second-order valence-corrected chi connectivity index (χ2v) is 9.33. The van der Waals surface area contributed by atoms with Gasteiger partial charge in [0.15, 0.2) is 23.0 Å². The molecular formula is C33H33NO4. The molecule has 0 aromatic heterocycles. The summed E-state index contributed by atoms with van der Waals surface area (Å²) in [7, 11) is 8.83. The number of nitrogens with zero attached hydrogens (tertiary/aromatic N) is 1. The van der Waals surface area contributed by atoms with Crippen LogP contribution in [0.4, 0.5) is 0 Å². The fourth-order valence-corrected chi connectivity index (χ4v) is 5.21. The number of ether oxygens (including phenoxy) is 4. The molecule has 0 aliphatic carbocycles. The summed E-state index contributed by atoms with van der Waals surface area (Å²) in [4.78, 5) is 2.24. The number of hydrogen-bond acceptors (Lipinski definition) is 5. The molecule has 0 saturated carbocycles. The van der Waals surface area contributed by atoms with Gasteiger partial charge in [0.2, 0.25) is 0 Å². The van der Waals surface area contributed by atoms with Crippen molar-refractivity contribution in [1.29, 1.82) is 0 Å². The standard InChI is InChI=1S/C33H33NO4/c1-34-18-17-26-28(29(34)19-22-11-16-30(35-2)31(20-22)36-3)21-27(33(38-5)32(26)37-4)25-14-12-24(13-15-25)23-9-7-6-8-10-23/h6-18,20-21,29H,19H2,1-5H3. The van der Waals surface area contributed by atoms with Crippen LogP contribution in [0.5, 0.6) is 23.0 Å². The van der Waals surface area contributed by atoms with Crippen molar-refractivity contribution in [2.75, 3.05) is 35.5 Å². The van der Waals surface area contributed by atoms with Crippen LogP contribution in [0, 0.1) is 0 Å². The molecule has 0 amide bonds. The van der Waals surface area contributed by atoms with Crippen molar-refractivity contribution < 1.29 is 18.9 Å². The van der Waals surface area contributed by atoms with Crippen LogP contribution in [-0.4, -0.2) is 40.4 Å². The van der Waals surface area contributed by atoms with E-state index in [2.05, 4.69) is 91.0 Å². The van der Waals surface area contributed by atoms with E-state index in [0.29, 0.717) is 0 Å². The van der Waals surface area contributed by atoms with Crippen molar-refractivity contribution in [1.82, 2.24) is 4.90 Å². The van der Waals surface area contributed by atoms with Crippen LogP contribution in [0.3, 0.4) is 0 Å². The molecule has 0 bridgehead atoms. The van der Waals surface area contributed by atoms with Gasteiger partial charge < -0.3 is 23.8 Å². The van der Waals surface area contributed by atoms with Gasteiger partial charge in [0.05, 0.1) is 34.5 Å². The predicted octanol–water partition coefficient (Wildman–Crippen LogP) is 7.25. The Balaban J connectivity index is 1.59. The zero-order chi connectivity index (χ0) is 26.6. The maximum absolute atomic E-state index is 5.96. The quantitative estimate of drug-likeness (QED) is 0.251. The van der Waals surface area contributed by atoms with E-state index in [1.807, 2.05) is 12.1 Å². The van der Waals surface area contributed by atoms with Crippen LogP contribution in [0.1, 0.15) is 22.7 Å². The minimum Gasteiger partial charge on any atom is -0.493 e. The molecule has 5 nitrogen and oxygen atoms in total. The van der Waals surface area contributed by atoms with E-state index in [9.17, 15) is 0 Å². The van der Waals surface area contributed by atoms with Crippen LogP contribution >= 0.6 is 0 Å². The summed E-state index contributed by atoms with van der Waals surface area (Å²) in [5, 5.41) is 0. The molecule has 194 valence electrons. The zero-order valence-electron chi connectivity index (χ0n) is 22.5. The monoisotopic (exact) mass is 507 g/mol. The van der Waals surface area contributed by atoms with Crippen molar-refractivity contribution in [3.05, 3.63) is 102 Å². The Morgan fingerprint density at radius 3 is 1.97 bits per heavy atom. The fourth-order valence-electron chi connectivity index (χ4n) is 5.21. The van der Waals surface area contributed by atoms with Crippen molar-refractivity contribution in [2.45, 2.75) is 12.5 Å². The van der Waals surface area contributed by atoms with Crippen LogP contribution in [-0.2, 0) is 6.42 Å². The van der Waals surface area contributed by atoms with E-state index in [1.54, 1.807) is 28.4 Å². The summed E-state index contributed by atoms with van der Waals surface area (Å²) in [5.74, 6) is 2.93. The summed E-state index contributed by atoms with van der Waals surface area (Å²) in [6, 6.07) is 27.5.